The maximum Gasteiger partial charge on any atom is 0.227 e. The average molecular weight is 365 g/mol. The summed E-state index contributed by atoms with van der Waals surface area (Å²) >= 11 is 0. The minimum atomic E-state index is 0.357. The second-order valence-corrected chi connectivity index (χ2v) is 6.09. The van der Waals surface area contributed by atoms with Crippen molar-refractivity contribution in [3.05, 3.63) is 95.8 Å². The fourth-order valence-electron chi connectivity index (χ4n) is 2.90. The number of benzene rings is 3. The van der Waals surface area contributed by atoms with Crippen molar-refractivity contribution in [1.82, 2.24) is 9.97 Å². The smallest absolute Gasteiger partial charge is 0.227 e. The van der Waals surface area contributed by atoms with Gasteiger partial charge in [0.1, 0.15) is 5.71 Å². The van der Waals surface area contributed by atoms with Crippen molar-refractivity contribution in [2.45, 2.75) is 0 Å². The molecule has 0 aliphatic rings. The van der Waals surface area contributed by atoms with E-state index in [0.29, 0.717) is 22.9 Å². The number of aromatic nitrogens is 2. The number of fused-ring (bicyclic) bond motifs is 1. The van der Waals surface area contributed by atoms with E-state index >= 15 is 0 Å². The van der Waals surface area contributed by atoms with Crippen LogP contribution < -0.4 is 5.32 Å². The summed E-state index contributed by atoms with van der Waals surface area (Å²) in [6, 6.07) is 24.6. The zero-order valence-electron chi connectivity index (χ0n) is 14.7. The average Bonchev–Trinajstić information content (AvgIpc) is 2.75. The Hall–Kier alpha value is -4.24. The summed E-state index contributed by atoms with van der Waals surface area (Å²) in [5.74, 6) is 0.365. The van der Waals surface area contributed by atoms with Crippen molar-refractivity contribution in [3.63, 3.8) is 0 Å². The Morgan fingerprint density at radius 3 is 2.50 bits per heavy atom. The third-order valence-electron chi connectivity index (χ3n) is 4.29. The highest BCUT2D eigenvalue weighted by Crippen LogP contribution is 2.19. The van der Waals surface area contributed by atoms with E-state index in [1.54, 1.807) is 36.5 Å². The molecule has 0 saturated heterocycles. The number of rotatable bonds is 4. The first-order valence-corrected chi connectivity index (χ1v) is 8.58. The predicted molar refractivity (Wildman–Crippen MR) is 108 cm³/mol. The van der Waals surface area contributed by atoms with Gasteiger partial charge in [0, 0.05) is 17.4 Å². The molecular formula is C22H15N5O. The molecule has 0 atom stereocenters. The molecule has 4 rings (SSSR count). The van der Waals surface area contributed by atoms with Crippen molar-refractivity contribution in [2.75, 3.05) is 5.32 Å². The summed E-state index contributed by atoms with van der Waals surface area (Å²) in [7, 11) is 0. The van der Waals surface area contributed by atoms with Gasteiger partial charge in [-0.05, 0) is 47.2 Å². The topological polar surface area (TPSA) is 94.2 Å². The Morgan fingerprint density at radius 2 is 1.75 bits per heavy atom. The first kappa shape index (κ1) is 17.2. The number of hydrogen-bond acceptors (Lipinski definition) is 6. The van der Waals surface area contributed by atoms with Crippen LogP contribution in [0.4, 0.5) is 11.6 Å². The number of anilines is 2. The summed E-state index contributed by atoms with van der Waals surface area (Å²) in [5.41, 5.74) is 2.93. The van der Waals surface area contributed by atoms with Gasteiger partial charge < -0.3 is 10.5 Å². The molecular weight excluding hydrogens is 350 g/mol. The normalized spacial score (nSPS) is 11.2. The molecule has 134 valence electrons. The molecule has 0 fully saturated rings. The molecule has 28 heavy (non-hydrogen) atoms. The van der Waals surface area contributed by atoms with Crippen LogP contribution in [0.25, 0.3) is 10.8 Å². The van der Waals surface area contributed by atoms with Gasteiger partial charge in [-0.1, -0.05) is 41.6 Å². The number of oxime groups is 1. The number of nitrogens with zero attached hydrogens (tertiary/aromatic N) is 4. The fourth-order valence-corrected chi connectivity index (χ4v) is 2.90. The molecule has 0 amide bonds. The molecule has 0 bridgehead atoms. The van der Waals surface area contributed by atoms with Crippen LogP contribution in [0.1, 0.15) is 16.8 Å². The predicted octanol–water partition coefficient (Wildman–Crippen LogP) is 4.47. The van der Waals surface area contributed by atoms with Gasteiger partial charge in [0.05, 0.1) is 17.3 Å². The summed E-state index contributed by atoms with van der Waals surface area (Å²) in [6.07, 6.45) is 1.60. The lowest BCUT2D eigenvalue weighted by molar-refractivity contribution is 0.319. The van der Waals surface area contributed by atoms with Gasteiger partial charge >= 0.3 is 0 Å². The quantitative estimate of drug-likeness (QED) is 0.316. The van der Waals surface area contributed by atoms with Gasteiger partial charge in [-0.3, -0.25) is 0 Å². The van der Waals surface area contributed by atoms with Gasteiger partial charge in [0.2, 0.25) is 5.95 Å². The van der Waals surface area contributed by atoms with Crippen molar-refractivity contribution in [2.24, 2.45) is 5.16 Å². The van der Waals surface area contributed by atoms with E-state index in [4.69, 9.17) is 5.26 Å². The molecule has 0 unspecified atom stereocenters. The van der Waals surface area contributed by atoms with E-state index in [1.165, 1.54) is 0 Å². The van der Waals surface area contributed by atoms with Crippen LogP contribution in [0.3, 0.4) is 0 Å². The molecule has 6 heteroatoms. The Morgan fingerprint density at radius 1 is 0.964 bits per heavy atom. The molecule has 2 N–H and O–H groups in total. The third kappa shape index (κ3) is 3.50. The van der Waals surface area contributed by atoms with E-state index in [-0.39, 0.29) is 0 Å². The number of hydrogen-bond donors (Lipinski definition) is 2. The van der Waals surface area contributed by atoms with E-state index in [2.05, 4.69) is 26.5 Å². The first-order valence-electron chi connectivity index (χ1n) is 8.58. The van der Waals surface area contributed by atoms with E-state index in [9.17, 15) is 5.21 Å². The van der Waals surface area contributed by atoms with Crippen LogP contribution in [0, 0.1) is 11.3 Å². The van der Waals surface area contributed by atoms with Gasteiger partial charge in [0.25, 0.3) is 0 Å². The highest BCUT2D eigenvalue weighted by Gasteiger charge is 2.12. The van der Waals surface area contributed by atoms with Crippen LogP contribution in [0.15, 0.2) is 84.1 Å². The SMILES string of the molecule is N#Cc1ccc(Nc2nccc(/C(=N/O)c3ccc4ccccc4c3)n2)cc1. The Bertz CT molecular complexity index is 1210. The Balaban J connectivity index is 1.65. The van der Waals surface area contributed by atoms with Gasteiger partial charge in [0.15, 0.2) is 0 Å². The lowest BCUT2D eigenvalue weighted by Gasteiger charge is -2.09. The second-order valence-electron chi connectivity index (χ2n) is 6.09. The first-order chi connectivity index (χ1) is 13.8. The molecule has 0 radical (unpaired) electrons. The molecule has 3 aromatic carbocycles. The fraction of sp³-hybridized carbons (Fsp3) is 0. The van der Waals surface area contributed by atoms with Crippen LogP contribution in [0.2, 0.25) is 0 Å². The Kier molecular flexibility index (Phi) is 4.64. The van der Waals surface area contributed by atoms with Crippen LogP contribution in [-0.2, 0) is 0 Å². The maximum atomic E-state index is 9.62. The number of nitrogens with one attached hydrogen (secondary N) is 1. The highest BCUT2D eigenvalue weighted by atomic mass is 16.4. The molecule has 1 heterocycles. The zero-order chi connectivity index (χ0) is 19.3. The van der Waals surface area contributed by atoms with Crippen LogP contribution >= 0.6 is 0 Å². The lowest BCUT2D eigenvalue weighted by Crippen LogP contribution is -2.08. The zero-order valence-corrected chi connectivity index (χ0v) is 14.7. The summed E-state index contributed by atoms with van der Waals surface area (Å²) in [4.78, 5) is 8.67. The van der Waals surface area contributed by atoms with Crippen molar-refractivity contribution in [3.8, 4) is 6.07 Å². The molecule has 0 saturated carbocycles. The van der Waals surface area contributed by atoms with Crippen molar-refractivity contribution >= 4 is 28.1 Å². The molecule has 0 aliphatic carbocycles. The summed E-state index contributed by atoms with van der Waals surface area (Å²) in [6.45, 7) is 0. The van der Waals surface area contributed by atoms with Crippen molar-refractivity contribution in [1.29, 1.82) is 5.26 Å². The second kappa shape index (κ2) is 7.56. The Labute approximate surface area is 161 Å². The van der Waals surface area contributed by atoms with Gasteiger partial charge in [-0.15, -0.1) is 0 Å². The third-order valence-corrected chi connectivity index (χ3v) is 4.29. The standard InChI is InChI=1S/C22H15N5O/c23-14-15-5-9-19(10-6-15)25-22-24-12-11-20(26-22)21(27-28)18-8-7-16-3-1-2-4-17(16)13-18/h1-13,28H,(H,24,25,26)/b27-21+. The molecule has 1 aromatic heterocycles. The van der Waals surface area contributed by atoms with Crippen molar-refractivity contribution < 1.29 is 5.21 Å². The number of nitriles is 1. The molecule has 0 aliphatic heterocycles. The van der Waals surface area contributed by atoms with E-state index < -0.39 is 0 Å². The van der Waals surface area contributed by atoms with Crippen LogP contribution in [-0.4, -0.2) is 20.9 Å². The largest absolute Gasteiger partial charge is 0.410 e. The van der Waals surface area contributed by atoms with Gasteiger partial charge in [-0.2, -0.15) is 5.26 Å². The minimum Gasteiger partial charge on any atom is -0.410 e. The minimum absolute atomic E-state index is 0.357. The van der Waals surface area contributed by atoms with Crippen LogP contribution in [0.5, 0.6) is 0 Å². The summed E-state index contributed by atoms with van der Waals surface area (Å²) < 4.78 is 0. The lowest BCUT2D eigenvalue weighted by atomic mass is 10.0. The molecule has 0 spiro atoms. The van der Waals surface area contributed by atoms with E-state index in [0.717, 1.165) is 22.0 Å². The maximum absolute atomic E-state index is 9.62. The van der Waals surface area contributed by atoms with Gasteiger partial charge in [-0.25, -0.2) is 9.97 Å². The van der Waals surface area contributed by atoms with E-state index in [1.807, 2.05) is 42.5 Å². The molecule has 4 aromatic rings. The summed E-state index contributed by atoms with van der Waals surface area (Å²) in [5, 5.41) is 27.2. The monoisotopic (exact) mass is 365 g/mol. The molecule has 6 nitrogen and oxygen atoms in total. The highest BCUT2D eigenvalue weighted by molar-refractivity contribution is 6.12.